The van der Waals surface area contributed by atoms with Crippen molar-refractivity contribution in [3.63, 3.8) is 0 Å². The third-order valence-electron chi connectivity index (χ3n) is 4.59. The van der Waals surface area contributed by atoms with Crippen LogP contribution in [0.15, 0.2) is 35.2 Å². The standard InChI is InChI=1S/C17H23NO4S/c19-17(16-9-5-11-22-16)18-10-4-6-14(12-18)13-23(20,21)15-7-2-1-3-8-15/h1-3,7-8,14,16H,4-6,9-13H2. The second-order valence-electron chi connectivity index (χ2n) is 6.39. The van der Waals surface area contributed by atoms with Gasteiger partial charge in [0.1, 0.15) is 6.10 Å². The number of sulfone groups is 1. The number of piperidine rings is 1. The van der Waals surface area contributed by atoms with Crippen LogP contribution in [-0.4, -0.2) is 50.8 Å². The molecule has 0 radical (unpaired) electrons. The van der Waals surface area contributed by atoms with E-state index >= 15 is 0 Å². The van der Waals surface area contributed by atoms with E-state index in [0.717, 1.165) is 25.7 Å². The van der Waals surface area contributed by atoms with Gasteiger partial charge in [0.15, 0.2) is 9.84 Å². The SMILES string of the molecule is O=C(C1CCCO1)N1CCCC(CS(=O)(=O)c2ccccc2)C1. The molecule has 5 nitrogen and oxygen atoms in total. The van der Waals surface area contributed by atoms with Gasteiger partial charge in [-0.25, -0.2) is 8.42 Å². The van der Waals surface area contributed by atoms with Crippen molar-refractivity contribution in [2.45, 2.75) is 36.7 Å². The number of likely N-dealkylation sites (tertiary alicyclic amines) is 1. The van der Waals surface area contributed by atoms with E-state index in [2.05, 4.69) is 0 Å². The van der Waals surface area contributed by atoms with Crippen molar-refractivity contribution in [3.8, 4) is 0 Å². The van der Waals surface area contributed by atoms with Gasteiger partial charge in [0.25, 0.3) is 5.91 Å². The van der Waals surface area contributed by atoms with Crippen LogP contribution in [0.4, 0.5) is 0 Å². The molecule has 2 fully saturated rings. The molecule has 0 bridgehead atoms. The van der Waals surface area contributed by atoms with Crippen LogP contribution < -0.4 is 0 Å². The van der Waals surface area contributed by atoms with Crippen molar-refractivity contribution < 1.29 is 17.9 Å². The van der Waals surface area contributed by atoms with Crippen LogP contribution in [-0.2, 0) is 19.4 Å². The summed E-state index contributed by atoms with van der Waals surface area (Å²) in [5.41, 5.74) is 0. The van der Waals surface area contributed by atoms with Crippen molar-refractivity contribution in [2.75, 3.05) is 25.4 Å². The number of hydrogen-bond donors (Lipinski definition) is 0. The maximum absolute atomic E-state index is 12.5. The number of rotatable bonds is 4. The second-order valence-corrected chi connectivity index (χ2v) is 8.42. The molecule has 2 heterocycles. The van der Waals surface area contributed by atoms with E-state index in [4.69, 9.17) is 4.74 Å². The van der Waals surface area contributed by atoms with Gasteiger partial charge in [-0.2, -0.15) is 0 Å². The van der Waals surface area contributed by atoms with Crippen molar-refractivity contribution in [3.05, 3.63) is 30.3 Å². The largest absolute Gasteiger partial charge is 0.368 e. The van der Waals surface area contributed by atoms with Gasteiger partial charge in [-0.05, 0) is 43.7 Å². The fraction of sp³-hybridized carbons (Fsp3) is 0.588. The Morgan fingerprint density at radius 3 is 2.65 bits per heavy atom. The Morgan fingerprint density at radius 1 is 1.17 bits per heavy atom. The van der Waals surface area contributed by atoms with E-state index in [1.807, 2.05) is 6.07 Å². The van der Waals surface area contributed by atoms with E-state index < -0.39 is 9.84 Å². The van der Waals surface area contributed by atoms with Crippen LogP contribution in [0.25, 0.3) is 0 Å². The molecule has 0 aliphatic carbocycles. The van der Waals surface area contributed by atoms with Gasteiger partial charge in [0.2, 0.25) is 0 Å². The lowest BCUT2D eigenvalue weighted by molar-refractivity contribution is -0.142. The van der Waals surface area contributed by atoms with Crippen LogP contribution in [0.1, 0.15) is 25.7 Å². The molecule has 0 aromatic heterocycles. The summed E-state index contributed by atoms with van der Waals surface area (Å²) in [6.07, 6.45) is 3.09. The summed E-state index contributed by atoms with van der Waals surface area (Å²) in [4.78, 5) is 14.6. The van der Waals surface area contributed by atoms with E-state index in [1.165, 1.54) is 0 Å². The number of carbonyl (C=O) groups excluding carboxylic acids is 1. The molecule has 2 atom stereocenters. The Balaban J connectivity index is 1.63. The number of hydrogen-bond acceptors (Lipinski definition) is 4. The molecule has 0 saturated carbocycles. The van der Waals surface area contributed by atoms with Gasteiger partial charge in [0.05, 0.1) is 10.6 Å². The quantitative estimate of drug-likeness (QED) is 0.841. The van der Waals surface area contributed by atoms with Gasteiger partial charge >= 0.3 is 0 Å². The zero-order valence-electron chi connectivity index (χ0n) is 13.2. The summed E-state index contributed by atoms with van der Waals surface area (Å²) in [6, 6.07) is 8.55. The number of benzene rings is 1. The molecule has 2 saturated heterocycles. The molecule has 6 heteroatoms. The molecule has 0 spiro atoms. The Morgan fingerprint density at radius 2 is 1.96 bits per heavy atom. The van der Waals surface area contributed by atoms with E-state index in [9.17, 15) is 13.2 Å². The first-order valence-corrected chi connectivity index (χ1v) is 9.90. The Kier molecular flexibility index (Phi) is 5.02. The van der Waals surface area contributed by atoms with Gasteiger partial charge in [-0.15, -0.1) is 0 Å². The summed E-state index contributed by atoms with van der Waals surface area (Å²) >= 11 is 0. The minimum absolute atomic E-state index is 0.000640. The zero-order chi connectivity index (χ0) is 16.3. The average molecular weight is 337 g/mol. The van der Waals surface area contributed by atoms with Crippen LogP contribution in [0.2, 0.25) is 0 Å². The van der Waals surface area contributed by atoms with E-state index in [-0.39, 0.29) is 23.7 Å². The minimum atomic E-state index is -3.30. The van der Waals surface area contributed by atoms with Crippen LogP contribution in [0, 0.1) is 5.92 Å². The summed E-state index contributed by atoms with van der Waals surface area (Å²) < 4.78 is 30.5. The van der Waals surface area contributed by atoms with Gasteiger partial charge in [-0.3, -0.25) is 4.79 Å². The molecule has 3 rings (SSSR count). The lowest BCUT2D eigenvalue weighted by atomic mass is 9.99. The Bertz CT molecular complexity index is 638. The molecule has 1 amide bonds. The Labute approximate surface area is 137 Å². The van der Waals surface area contributed by atoms with Crippen LogP contribution in [0.5, 0.6) is 0 Å². The fourth-order valence-corrected chi connectivity index (χ4v) is 5.07. The first-order valence-electron chi connectivity index (χ1n) is 8.24. The molecular formula is C17H23NO4S. The predicted molar refractivity (Wildman–Crippen MR) is 86.8 cm³/mol. The highest BCUT2D eigenvalue weighted by Crippen LogP contribution is 2.24. The van der Waals surface area contributed by atoms with Gasteiger partial charge < -0.3 is 9.64 Å². The normalized spacial score (nSPS) is 25.5. The average Bonchev–Trinajstić information content (AvgIpc) is 3.09. The molecule has 1 aromatic carbocycles. The third kappa shape index (κ3) is 3.93. The maximum Gasteiger partial charge on any atom is 0.251 e. The summed E-state index contributed by atoms with van der Waals surface area (Å²) in [5.74, 6) is 0.135. The van der Waals surface area contributed by atoms with Crippen molar-refractivity contribution in [1.29, 1.82) is 0 Å². The predicted octanol–water partition coefficient (Wildman–Crippen LogP) is 1.88. The molecule has 2 aliphatic heterocycles. The van der Waals surface area contributed by atoms with E-state index in [1.54, 1.807) is 29.2 Å². The monoisotopic (exact) mass is 337 g/mol. The van der Waals surface area contributed by atoms with Crippen molar-refractivity contribution in [1.82, 2.24) is 4.90 Å². The summed E-state index contributed by atoms with van der Waals surface area (Å²) in [5, 5.41) is 0. The third-order valence-corrected chi connectivity index (χ3v) is 6.49. The van der Waals surface area contributed by atoms with E-state index in [0.29, 0.717) is 24.6 Å². The molecule has 1 aromatic rings. The highest BCUT2D eigenvalue weighted by molar-refractivity contribution is 7.91. The van der Waals surface area contributed by atoms with Crippen LogP contribution in [0.3, 0.4) is 0 Å². The lowest BCUT2D eigenvalue weighted by Gasteiger charge is -2.34. The molecule has 0 N–H and O–H groups in total. The zero-order valence-corrected chi connectivity index (χ0v) is 14.0. The first-order chi connectivity index (χ1) is 11.1. The fourth-order valence-electron chi connectivity index (χ4n) is 3.41. The number of amides is 1. The number of ether oxygens (including phenoxy) is 1. The highest BCUT2D eigenvalue weighted by Gasteiger charge is 2.33. The second kappa shape index (κ2) is 7.01. The van der Waals surface area contributed by atoms with Gasteiger partial charge in [-0.1, -0.05) is 18.2 Å². The first kappa shape index (κ1) is 16.5. The highest BCUT2D eigenvalue weighted by atomic mass is 32.2. The van der Waals surface area contributed by atoms with Gasteiger partial charge in [0, 0.05) is 19.7 Å². The molecule has 2 aliphatic rings. The van der Waals surface area contributed by atoms with Crippen molar-refractivity contribution in [2.24, 2.45) is 5.92 Å². The minimum Gasteiger partial charge on any atom is -0.368 e. The number of nitrogens with zero attached hydrogens (tertiary/aromatic N) is 1. The molecule has 23 heavy (non-hydrogen) atoms. The smallest absolute Gasteiger partial charge is 0.251 e. The van der Waals surface area contributed by atoms with Crippen LogP contribution >= 0.6 is 0 Å². The van der Waals surface area contributed by atoms with Crippen molar-refractivity contribution >= 4 is 15.7 Å². The molecular weight excluding hydrogens is 314 g/mol. The topological polar surface area (TPSA) is 63.7 Å². The summed E-state index contributed by atoms with van der Waals surface area (Å²) in [7, 11) is -3.30. The lowest BCUT2D eigenvalue weighted by Crippen LogP contribution is -2.46. The Hall–Kier alpha value is -1.40. The summed E-state index contributed by atoms with van der Waals surface area (Å²) in [6.45, 7) is 1.88. The number of carbonyl (C=O) groups is 1. The molecule has 126 valence electrons. The molecule has 2 unspecified atom stereocenters. The maximum atomic E-state index is 12.5.